The number of benzene rings is 1. The van der Waals surface area contributed by atoms with Gasteiger partial charge in [-0.3, -0.25) is 4.90 Å². The molecule has 1 aromatic carbocycles. The molecule has 0 aliphatic heterocycles. The third kappa shape index (κ3) is 6.96. The summed E-state index contributed by atoms with van der Waals surface area (Å²) in [5.41, 5.74) is 1.30. The standard InChI is InChI=1S/C18H32N2O/c1-6-16(5)20(7-2)12-13-21-18-10-8-17(9-11-18)14-19-15(3)4/h8-11,15-16,19H,6-7,12-14H2,1-5H3. The van der Waals surface area contributed by atoms with Crippen LogP contribution >= 0.6 is 0 Å². The Balaban J connectivity index is 2.35. The van der Waals surface area contributed by atoms with E-state index in [1.54, 1.807) is 0 Å². The van der Waals surface area contributed by atoms with E-state index in [9.17, 15) is 0 Å². The van der Waals surface area contributed by atoms with E-state index in [2.05, 4.69) is 69.1 Å². The van der Waals surface area contributed by atoms with E-state index in [1.807, 2.05) is 0 Å². The smallest absolute Gasteiger partial charge is 0.119 e. The van der Waals surface area contributed by atoms with E-state index in [4.69, 9.17) is 4.74 Å². The summed E-state index contributed by atoms with van der Waals surface area (Å²) in [6, 6.07) is 9.55. The van der Waals surface area contributed by atoms with Crippen LogP contribution in [0.15, 0.2) is 24.3 Å². The van der Waals surface area contributed by atoms with Gasteiger partial charge in [0, 0.05) is 25.2 Å². The summed E-state index contributed by atoms with van der Waals surface area (Å²) in [7, 11) is 0. The Morgan fingerprint density at radius 1 is 1.10 bits per heavy atom. The van der Waals surface area contributed by atoms with Crippen molar-refractivity contribution in [1.82, 2.24) is 10.2 Å². The molecule has 1 aromatic rings. The van der Waals surface area contributed by atoms with Crippen LogP contribution in [0.2, 0.25) is 0 Å². The van der Waals surface area contributed by atoms with Crippen LogP contribution in [0.5, 0.6) is 5.75 Å². The topological polar surface area (TPSA) is 24.5 Å². The van der Waals surface area contributed by atoms with E-state index in [0.29, 0.717) is 12.1 Å². The first-order valence-electron chi connectivity index (χ1n) is 8.26. The molecule has 3 heteroatoms. The molecule has 21 heavy (non-hydrogen) atoms. The molecular formula is C18H32N2O. The molecule has 0 spiro atoms. The van der Waals surface area contributed by atoms with Crippen LogP contribution in [0, 0.1) is 0 Å². The summed E-state index contributed by atoms with van der Waals surface area (Å²) in [5, 5.41) is 3.42. The van der Waals surface area contributed by atoms with Crippen molar-refractivity contribution in [2.45, 2.75) is 59.7 Å². The molecule has 0 bridgehead atoms. The number of rotatable bonds is 10. The van der Waals surface area contributed by atoms with Crippen molar-refractivity contribution in [2.24, 2.45) is 0 Å². The van der Waals surface area contributed by atoms with Gasteiger partial charge in [0.05, 0.1) is 0 Å². The van der Waals surface area contributed by atoms with Crippen LogP contribution in [0.3, 0.4) is 0 Å². The summed E-state index contributed by atoms with van der Waals surface area (Å²) in [6.07, 6.45) is 1.19. The molecule has 0 fully saturated rings. The zero-order valence-corrected chi connectivity index (χ0v) is 14.4. The number of ether oxygens (including phenoxy) is 1. The van der Waals surface area contributed by atoms with Crippen molar-refractivity contribution in [1.29, 1.82) is 0 Å². The molecular weight excluding hydrogens is 260 g/mol. The first-order chi connectivity index (χ1) is 10.1. The molecule has 1 unspecified atom stereocenters. The predicted octanol–water partition coefficient (Wildman–Crippen LogP) is 3.68. The maximum atomic E-state index is 5.85. The number of hydrogen-bond donors (Lipinski definition) is 1. The van der Waals surface area contributed by atoms with Gasteiger partial charge in [0.2, 0.25) is 0 Å². The first kappa shape index (κ1) is 18.0. The fraction of sp³-hybridized carbons (Fsp3) is 0.667. The van der Waals surface area contributed by atoms with Gasteiger partial charge in [-0.25, -0.2) is 0 Å². The third-order valence-electron chi connectivity index (χ3n) is 3.91. The van der Waals surface area contributed by atoms with E-state index in [0.717, 1.165) is 32.0 Å². The van der Waals surface area contributed by atoms with Gasteiger partial charge in [-0.1, -0.05) is 39.8 Å². The molecule has 1 atom stereocenters. The minimum Gasteiger partial charge on any atom is -0.492 e. The largest absolute Gasteiger partial charge is 0.492 e. The van der Waals surface area contributed by atoms with Gasteiger partial charge in [0.25, 0.3) is 0 Å². The first-order valence-corrected chi connectivity index (χ1v) is 8.26. The van der Waals surface area contributed by atoms with Crippen LogP contribution in [0.4, 0.5) is 0 Å². The molecule has 0 aromatic heterocycles. The maximum absolute atomic E-state index is 5.85. The van der Waals surface area contributed by atoms with E-state index in [-0.39, 0.29) is 0 Å². The Hall–Kier alpha value is -1.06. The highest BCUT2D eigenvalue weighted by molar-refractivity contribution is 5.27. The van der Waals surface area contributed by atoms with Crippen LogP contribution in [-0.4, -0.2) is 36.7 Å². The molecule has 0 aliphatic rings. The third-order valence-corrected chi connectivity index (χ3v) is 3.91. The second-order valence-corrected chi connectivity index (χ2v) is 5.91. The van der Waals surface area contributed by atoms with E-state index >= 15 is 0 Å². The highest BCUT2D eigenvalue weighted by Gasteiger charge is 2.09. The van der Waals surface area contributed by atoms with Gasteiger partial charge in [-0.2, -0.15) is 0 Å². The molecule has 0 saturated carbocycles. The minimum absolute atomic E-state index is 0.515. The molecule has 1 rings (SSSR count). The van der Waals surface area contributed by atoms with Crippen molar-refractivity contribution in [3.63, 3.8) is 0 Å². The zero-order chi connectivity index (χ0) is 15.7. The van der Waals surface area contributed by atoms with Crippen molar-refractivity contribution < 1.29 is 4.74 Å². The lowest BCUT2D eigenvalue weighted by atomic mass is 10.2. The fourth-order valence-corrected chi connectivity index (χ4v) is 2.25. The van der Waals surface area contributed by atoms with Gasteiger partial charge in [0.1, 0.15) is 12.4 Å². The Bertz CT molecular complexity index is 375. The lowest BCUT2D eigenvalue weighted by molar-refractivity contribution is 0.171. The summed E-state index contributed by atoms with van der Waals surface area (Å²) in [4.78, 5) is 2.46. The number of nitrogens with zero attached hydrogens (tertiary/aromatic N) is 1. The highest BCUT2D eigenvalue weighted by Crippen LogP contribution is 2.12. The van der Waals surface area contributed by atoms with Gasteiger partial charge < -0.3 is 10.1 Å². The lowest BCUT2D eigenvalue weighted by Gasteiger charge is -2.26. The second-order valence-electron chi connectivity index (χ2n) is 5.91. The number of hydrogen-bond acceptors (Lipinski definition) is 3. The number of likely N-dealkylation sites (N-methyl/N-ethyl adjacent to an activating group) is 1. The normalized spacial score (nSPS) is 12.9. The summed E-state index contributed by atoms with van der Waals surface area (Å²) in [5.74, 6) is 0.962. The monoisotopic (exact) mass is 292 g/mol. The van der Waals surface area contributed by atoms with Crippen molar-refractivity contribution >= 4 is 0 Å². The van der Waals surface area contributed by atoms with Crippen LogP contribution in [0.25, 0.3) is 0 Å². The summed E-state index contributed by atoms with van der Waals surface area (Å²) in [6.45, 7) is 14.8. The predicted molar refractivity (Wildman–Crippen MR) is 90.9 cm³/mol. The molecule has 0 saturated heterocycles. The second kappa shape index (κ2) is 9.80. The van der Waals surface area contributed by atoms with Crippen LogP contribution < -0.4 is 10.1 Å². The lowest BCUT2D eigenvalue weighted by Crippen LogP contribution is -2.35. The fourth-order valence-electron chi connectivity index (χ4n) is 2.25. The van der Waals surface area contributed by atoms with Crippen molar-refractivity contribution in [2.75, 3.05) is 19.7 Å². The van der Waals surface area contributed by atoms with Crippen molar-refractivity contribution in [3.05, 3.63) is 29.8 Å². The Labute approximate surface area is 130 Å². The molecule has 0 heterocycles. The van der Waals surface area contributed by atoms with Gasteiger partial charge >= 0.3 is 0 Å². The quantitative estimate of drug-likeness (QED) is 0.712. The van der Waals surface area contributed by atoms with Crippen LogP contribution in [0.1, 0.15) is 46.6 Å². The van der Waals surface area contributed by atoms with Gasteiger partial charge in [0.15, 0.2) is 0 Å². The minimum atomic E-state index is 0.515. The summed E-state index contributed by atoms with van der Waals surface area (Å²) >= 11 is 0. The van der Waals surface area contributed by atoms with Gasteiger partial charge in [-0.05, 0) is 37.6 Å². The van der Waals surface area contributed by atoms with Gasteiger partial charge in [-0.15, -0.1) is 0 Å². The number of nitrogens with one attached hydrogen (secondary N) is 1. The molecule has 0 radical (unpaired) electrons. The molecule has 0 aliphatic carbocycles. The summed E-state index contributed by atoms with van der Waals surface area (Å²) < 4.78 is 5.85. The Morgan fingerprint density at radius 2 is 1.76 bits per heavy atom. The highest BCUT2D eigenvalue weighted by atomic mass is 16.5. The zero-order valence-electron chi connectivity index (χ0n) is 14.4. The average Bonchev–Trinajstić information content (AvgIpc) is 2.50. The molecule has 3 nitrogen and oxygen atoms in total. The molecule has 1 N–H and O–H groups in total. The van der Waals surface area contributed by atoms with E-state index in [1.165, 1.54) is 12.0 Å². The maximum Gasteiger partial charge on any atom is 0.119 e. The van der Waals surface area contributed by atoms with Crippen LogP contribution in [-0.2, 0) is 6.54 Å². The van der Waals surface area contributed by atoms with E-state index < -0.39 is 0 Å². The Morgan fingerprint density at radius 3 is 2.29 bits per heavy atom. The molecule has 120 valence electrons. The molecule has 0 amide bonds. The van der Waals surface area contributed by atoms with Crippen molar-refractivity contribution in [3.8, 4) is 5.75 Å². The average molecular weight is 292 g/mol. The SMILES string of the molecule is CCC(C)N(CC)CCOc1ccc(CNC(C)C)cc1. The Kier molecular flexibility index (Phi) is 8.40.